The molecule has 1 fully saturated rings. The Kier molecular flexibility index (Phi) is 5.69. The smallest absolute Gasteiger partial charge is 0.119 e. The van der Waals surface area contributed by atoms with E-state index in [4.69, 9.17) is 4.74 Å². The zero-order chi connectivity index (χ0) is 15.3. The standard InChI is InChI=1S/C19H31NO/c1-5-10-20-14-19(11-16(4)12-19)17-6-8-18(9-7-17)21-13-15(2)3/h6-9,15-16,20H,5,10-14H2,1-4H3. The molecule has 1 aromatic rings. The van der Waals surface area contributed by atoms with Crippen LogP contribution < -0.4 is 10.1 Å². The van der Waals surface area contributed by atoms with E-state index in [-0.39, 0.29) is 0 Å². The summed E-state index contributed by atoms with van der Waals surface area (Å²) in [6.45, 7) is 12.0. The van der Waals surface area contributed by atoms with Crippen LogP contribution in [0.1, 0.15) is 52.5 Å². The monoisotopic (exact) mass is 289 g/mol. The van der Waals surface area contributed by atoms with E-state index in [1.54, 1.807) is 0 Å². The predicted octanol–water partition coefficient (Wildman–Crippen LogP) is 4.39. The highest BCUT2D eigenvalue weighted by Crippen LogP contribution is 2.47. The van der Waals surface area contributed by atoms with Crippen LogP contribution in [0.15, 0.2) is 24.3 Å². The third kappa shape index (κ3) is 4.23. The van der Waals surface area contributed by atoms with Crippen LogP contribution in [0, 0.1) is 11.8 Å². The summed E-state index contributed by atoms with van der Waals surface area (Å²) in [7, 11) is 0. The highest BCUT2D eigenvalue weighted by atomic mass is 16.5. The van der Waals surface area contributed by atoms with Crippen molar-refractivity contribution < 1.29 is 4.74 Å². The number of hydrogen-bond donors (Lipinski definition) is 1. The van der Waals surface area contributed by atoms with Crippen molar-refractivity contribution in [2.24, 2.45) is 11.8 Å². The zero-order valence-electron chi connectivity index (χ0n) is 14.1. The molecule has 0 saturated heterocycles. The Morgan fingerprint density at radius 2 is 1.90 bits per heavy atom. The molecule has 1 N–H and O–H groups in total. The van der Waals surface area contributed by atoms with Gasteiger partial charge in [-0.25, -0.2) is 0 Å². The molecule has 1 aliphatic carbocycles. The van der Waals surface area contributed by atoms with Crippen LogP contribution in [0.25, 0.3) is 0 Å². The van der Waals surface area contributed by atoms with Crippen molar-refractivity contribution in [3.05, 3.63) is 29.8 Å². The lowest BCUT2D eigenvalue weighted by Crippen LogP contribution is -2.48. The van der Waals surface area contributed by atoms with Gasteiger partial charge in [0.15, 0.2) is 0 Å². The van der Waals surface area contributed by atoms with Crippen molar-refractivity contribution in [1.29, 1.82) is 0 Å². The fourth-order valence-corrected chi connectivity index (χ4v) is 3.43. The van der Waals surface area contributed by atoms with Gasteiger partial charge in [-0.15, -0.1) is 0 Å². The van der Waals surface area contributed by atoms with E-state index in [9.17, 15) is 0 Å². The molecule has 2 nitrogen and oxygen atoms in total. The lowest BCUT2D eigenvalue weighted by Gasteiger charge is -2.47. The zero-order valence-corrected chi connectivity index (χ0v) is 14.1. The van der Waals surface area contributed by atoms with E-state index in [1.807, 2.05) is 0 Å². The third-order valence-electron chi connectivity index (χ3n) is 4.42. The van der Waals surface area contributed by atoms with Gasteiger partial charge in [0.1, 0.15) is 5.75 Å². The minimum absolute atomic E-state index is 0.352. The average molecular weight is 289 g/mol. The van der Waals surface area contributed by atoms with Gasteiger partial charge in [-0.2, -0.15) is 0 Å². The van der Waals surface area contributed by atoms with Crippen LogP contribution in [-0.4, -0.2) is 19.7 Å². The summed E-state index contributed by atoms with van der Waals surface area (Å²) < 4.78 is 5.79. The highest BCUT2D eigenvalue weighted by molar-refractivity contribution is 5.35. The second kappa shape index (κ2) is 7.31. The van der Waals surface area contributed by atoms with Gasteiger partial charge in [-0.05, 0) is 55.3 Å². The van der Waals surface area contributed by atoms with Crippen molar-refractivity contribution in [3.63, 3.8) is 0 Å². The molecule has 0 unspecified atom stereocenters. The molecule has 0 amide bonds. The number of hydrogen-bond acceptors (Lipinski definition) is 2. The van der Waals surface area contributed by atoms with Crippen LogP contribution in [0.3, 0.4) is 0 Å². The molecule has 118 valence electrons. The molecule has 21 heavy (non-hydrogen) atoms. The van der Waals surface area contributed by atoms with E-state index >= 15 is 0 Å². The van der Waals surface area contributed by atoms with Gasteiger partial charge in [0.2, 0.25) is 0 Å². The first-order chi connectivity index (χ1) is 10.1. The molecule has 0 spiro atoms. The molecule has 2 rings (SSSR count). The first-order valence-electron chi connectivity index (χ1n) is 8.50. The summed E-state index contributed by atoms with van der Waals surface area (Å²) in [6, 6.07) is 8.83. The maximum absolute atomic E-state index is 5.79. The fourth-order valence-electron chi connectivity index (χ4n) is 3.43. The fraction of sp³-hybridized carbons (Fsp3) is 0.684. The molecule has 2 heteroatoms. The lowest BCUT2D eigenvalue weighted by molar-refractivity contribution is 0.152. The summed E-state index contributed by atoms with van der Waals surface area (Å²) in [5, 5.41) is 3.62. The lowest BCUT2D eigenvalue weighted by atomic mass is 9.59. The molecule has 0 bridgehead atoms. The molecular weight excluding hydrogens is 258 g/mol. The Labute approximate surface area is 130 Å². The van der Waals surface area contributed by atoms with Crippen molar-refractivity contribution in [2.75, 3.05) is 19.7 Å². The number of ether oxygens (including phenoxy) is 1. The largest absolute Gasteiger partial charge is 0.493 e. The molecule has 0 atom stereocenters. The summed E-state index contributed by atoms with van der Waals surface area (Å²) in [5.74, 6) is 2.42. The Hall–Kier alpha value is -1.02. The summed E-state index contributed by atoms with van der Waals surface area (Å²) in [4.78, 5) is 0. The van der Waals surface area contributed by atoms with Crippen LogP contribution in [0.5, 0.6) is 5.75 Å². The minimum Gasteiger partial charge on any atom is -0.493 e. The Balaban J connectivity index is 2.00. The SMILES string of the molecule is CCCNCC1(c2ccc(OCC(C)C)cc2)CC(C)C1. The summed E-state index contributed by atoms with van der Waals surface area (Å²) >= 11 is 0. The molecule has 1 aliphatic rings. The number of benzene rings is 1. The van der Waals surface area contributed by atoms with Crippen molar-refractivity contribution in [1.82, 2.24) is 5.32 Å². The Bertz CT molecular complexity index is 418. The van der Waals surface area contributed by atoms with Gasteiger partial charge in [0, 0.05) is 12.0 Å². The average Bonchev–Trinajstić information content (AvgIpc) is 2.43. The normalized spacial score (nSPS) is 24.9. The van der Waals surface area contributed by atoms with Gasteiger partial charge in [-0.3, -0.25) is 0 Å². The van der Waals surface area contributed by atoms with Crippen molar-refractivity contribution >= 4 is 0 Å². The second-order valence-electron chi connectivity index (χ2n) is 7.20. The maximum Gasteiger partial charge on any atom is 0.119 e. The van der Waals surface area contributed by atoms with Gasteiger partial charge < -0.3 is 10.1 Å². The third-order valence-corrected chi connectivity index (χ3v) is 4.42. The van der Waals surface area contributed by atoms with Crippen molar-refractivity contribution in [2.45, 2.75) is 52.4 Å². The minimum atomic E-state index is 0.352. The molecule has 0 radical (unpaired) electrons. The number of rotatable bonds is 8. The van der Waals surface area contributed by atoms with E-state index in [0.717, 1.165) is 31.4 Å². The molecule has 1 saturated carbocycles. The Morgan fingerprint density at radius 3 is 2.43 bits per heavy atom. The highest BCUT2D eigenvalue weighted by Gasteiger charge is 2.42. The first-order valence-corrected chi connectivity index (χ1v) is 8.50. The molecule has 1 aromatic carbocycles. The van der Waals surface area contributed by atoms with E-state index in [2.05, 4.69) is 57.3 Å². The van der Waals surface area contributed by atoms with Gasteiger partial charge >= 0.3 is 0 Å². The van der Waals surface area contributed by atoms with Crippen LogP contribution in [0.2, 0.25) is 0 Å². The molecule has 0 heterocycles. The topological polar surface area (TPSA) is 21.3 Å². The van der Waals surface area contributed by atoms with Crippen LogP contribution in [0.4, 0.5) is 0 Å². The second-order valence-corrected chi connectivity index (χ2v) is 7.20. The van der Waals surface area contributed by atoms with E-state index in [1.165, 1.54) is 24.8 Å². The molecular formula is C19H31NO. The summed E-state index contributed by atoms with van der Waals surface area (Å²) in [6.07, 6.45) is 3.80. The van der Waals surface area contributed by atoms with Crippen LogP contribution >= 0.6 is 0 Å². The van der Waals surface area contributed by atoms with Gasteiger partial charge in [0.25, 0.3) is 0 Å². The maximum atomic E-state index is 5.79. The summed E-state index contributed by atoms with van der Waals surface area (Å²) in [5.41, 5.74) is 1.83. The van der Waals surface area contributed by atoms with Crippen LogP contribution in [-0.2, 0) is 5.41 Å². The van der Waals surface area contributed by atoms with Gasteiger partial charge in [0.05, 0.1) is 6.61 Å². The number of nitrogens with one attached hydrogen (secondary N) is 1. The van der Waals surface area contributed by atoms with E-state index < -0.39 is 0 Å². The van der Waals surface area contributed by atoms with Gasteiger partial charge in [-0.1, -0.05) is 39.8 Å². The van der Waals surface area contributed by atoms with Crippen molar-refractivity contribution in [3.8, 4) is 5.75 Å². The first kappa shape index (κ1) is 16.4. The molecule has 0 aliphatic heterocycles. The predicted molar refractivity (Wildman–Crippen MR) is 90.0 cm³/mol. The van der Waals surface area contributed by atoms with E-state index in [0.29, 0.717) is 11.3 Å². The Morgan fingerprint density at radius 1 is 1.24 bits per heavy atom. The molecule has 0 aromatic heterocycles. The quantitative estimate of drug-likeness (QED) is 0.717.